The van der Waals surface area contributed by atoms with Crippen LogP contribution in [-0.4, -0.2) is 38.4 Å². The van der Waals surface area contributed by atoms with Crippen LogP contribution in [0.25, 0.3) is 5.95 Å². The Morgan fingerprint density at radius 3 is 2.70 bits per heavy atom. The first-order valence-corrected chi connectivity index (χ1v) is 9.02. The second kappa shape index (κ2) is 7.70. The van der Waals surface area contributed by atoms with Gasteiger partial charge in [-0.05, 0) is 31.5 Å². The average Bonchev–Trinajstić information content (AvgIpc) is 3.31. The molecule has 11 heteroatoms. The number of carbonyl (C=O) groups excluding carboxylic acids is 2. The lowest BCUT2D eigenvalue weighted by molar-refractivity contribution is -0.136. The van der Waals surface area contributed by atoms with Crippen molar-refractivity contribution in [3.63, 3.8) is 0 Å². The third kappa shape index (κ3) is 3.99. The Balaban J connectivity index is 1.45. The minimum absolute atomic E-state index is 0.129. The third-order valence-electron chi connectivity index (χ3n) is 4.23. The van der Waals surface area contributed by atoms with Gasteiger partial charge in [-0.3, -0.25) is 19.4 Å². The van der Waals surface area contributed by atoms with Crippen molar-refractivity contribution in [1.82, 2.24) is 25.1 Å². The molecule has 11 nitrogen and oxygen atoms in total. The number of fused-ring (bicyclic) bond motifs is 1. The van der Waals surface area contributed by atoms with Crippen LogP contribution in [0.5, 0.6) is 11.5 Å². The first-order chi connectivity index (χ1) is 14.4. The van der Waals surface area contributed by atoms with E-state index in [2.05, 4.69) is 25.7 Å². The lowest BCUT2D eigenvalue weighted by Crippen LogP contribution is -2.35. The summed E-state index contributed by atoms with van der Waals surface area (Å²) in [6.45, 7) is 3.66. The lowest BCUT2D eigenvalue weighted by Gasteiger charge is -2.09. The highest BCUT2D eigenvalue weighted by molar-refractivity contribution is 6.39. The van der Waals surface area contributed by atoms with Crippen molar-refractivity contribution in [1.29, 1.82) is 0 Å². The topological polar surface area (TPSA) is 140 Å². The molecule has 1 aliphatic rings. The molecule has 0 aliphatic carbocycles. The van der Waals surface area contributed by atoms with Crippen LogP contribution in [0, 0.1) is 13.8 Å². The molecule has 3 heterocycles. The van der Waals surface area contributed by atoms with E-state index in [0.717, 1.165) is 5.56 Å². The van der Waals surface area contributed by atoms with E-state index in [9.17, 15) is 14.4 Å². The Labute approximate surface area is 170 Å². The van der Waals surface area contributed by atoms with Gasteiger partial charge in [0, 0.05) is 24.4 Å². The summed E-state index contributed by atoms with van der Waals surface area (Å²) in [6.07, 6.45) is 0. The highest BCUT2D eigenvalue weighted by atomic mass is 16.7. The standard InChI is InChI=1S/C19H18N6O5/c1-10-6-16(26)23-19(21-10)25-15(5-11(2)24-25)22-18(28)17(27)20-8-12-3-4-13-14(7-12)30-9-29-13/h3-7H,8-9H2,1-2H3,(H,20,27)(H,22,28)(H,21,23,26). The molecule has 0 atom stereocenters. The fourth-order valence-corrected chi connectivity index (χ4v) is 2.90. The smallest absolute Gasteiger partial charge is 0.314 e. The van der Waals surface area contributed by atoms with Gasteiger partial charge in [-0.25, -0.2) is 4.98 Å². The molecular weight excluding hydrogens is 392 g/mol. The Hall–Kier alpha value is -4.15. The van der Waals surface area contributed by atoms with E-state index < -0.39 is 11.8 Å². The van der Waals surface area contributed by atoms with Crippen molar-refractivity contribution in [2.45, 2.75) is 20.4 Å². The third-order valence-corrected chi connectivity index (χ3v) is 4.23. The summed E-state index contributed by atoms with van der Waals surface area (Å²) in [5.41, 5.74) is 1.45. The number of aryl methyl sites for hydroxylation is 2. The normalized spacial score (nSPS) is 11.9. The van der Waals surface area contributed by atoms with Crippen molar-refractivity contribution in [3.05, 3.63) is 57.6 Å². The lowest BCUT2D eigenvalue weighted by atomic mass is 10.2. The molecule has 0 unspecified atom stereocenters. The summed E-state index contributed by atoms with van der Waals surface area (Å²) in [5, 5.41) is 9.25. The van der Waals surface area contributed by atoms with Crippen molar-refractivity contribution in [2.24, 2.45) is 0 Å². The van der Waals surface area contributed by atoms with Crippen LogP contribution in [0.4, 0.5) is 5.82 Å². The summed E-state index contributed by atoms with van der Waals surface area (Å²) in [7, 11) is 0. The Kier molecular flexibility index (Phi) is 4.92. The van der Waals surface area contributed by atoms with Crippen molar-refractivity contribution < 1.29 is 19.1 Å². The van der Waals surface area contributed by atoms with Crippen molar-refractivity contribution in [2.75, 3.05) is 12.1 Å². The number of benzene rings is 1. The predicted octanol–water partition coefficient (Wildman–Crippen LogP) is 0.556. The molecule has 1 aromatic carbocycles. The molecule has 0 saturated heterocycles. The van der Waals surface area contributed by atoms with Crippen LogP contribution in [0.3, 0.4) is 0 Å². The zero-order chi connectivity index (χ0) is 21.3. The molecular formula is C19H18N6O5. The van der Waals surface area contributed by atoms with Crippen LogP contribution < -0.4 is 25.7 Å². The number of anilines is 1. The first-order valence-electron chi connectivity index (χ1n) is 9.02. The molecule has 2 aromatic heterocycles. The molecule has 4 rings (SSSR count). The van der Waals surface area contributed by atoms with E-state index in [1.165, 1.54) is 10.7 Å². The number of nitrogens with one attached hydrogen (secondary N) is 3. The number of nitrogens with zero attached hydrogens (tertiary/aromatic N) is 3. The predicted molar refractivity (Wildman–Crippen MR) is 104 cm³/mol. The maximum absolute atomic E-state index is 12.3. The van der Waals surface area contributed by atoms with Gasteiger partial charge in [0.1, 0.15) is 5.82 Å². The number of H-pyrrole nitrogens is 1. The quantitative estimate of drug-likeness (QED) is 0.534. The summed E-state index contributed by atoms with van der Waals surface area (Å²) in [4.78, 5) is 43.1. The second-order valence-corrected chi connectivity index (χ2v) is 6.62. The van der Waals surface area contributed by atoms with Gasteiger partial charge in [0.05, 0.1) is 5.69 Å². The SMILES string of the molecule is Cc1cc(=O)[nH]c(-n2nc(C)cc2NC(=O)C(=O)NCc2ccc3c(c2)OCO3)n1. The monoisotopic (exact) mass is 410 g/mol. The van der Waals surface area contributed by atoms with Gasteiger partial charge < -0.3 is 20.1 Å². The molecule has 3 aromatic rings. The summed E-state index contributed by atoms with van der Waals surface area (Å²) >= 11 is 0. The van der Waals surface area contributed by atoms with E-state index in [0.29, 0.717) is 22.9 Å². The Morgan fingerprint density at radius 1 is 1.10 bits per heavy atom. The van der Waals surface area contributed by atoms with E-state index in [4.69, 9.17) is 9.47 Å². The number of hydrogen-bond donors (Lipinski definition) is 3. The van der Waals surface area contributed by atoms with Crippen molar-refractivity contribution in [3.8, 4) is 17.4 Å². The molecule has 0 saturated carbocycles. The van der Waals surface area contributed by atoms with Gasteiger partial charge in [0.2, 0.25) is 12.7 Å². The number of hydrogen-bond acceptors (Lipinski definition) is 7. The molecule has 0 spiro atoms. The number of aromatic nitrogens is 4. The van der Waals surface area contributed by atoms with E-state index in [1.807, 2.05) is 0 Å². The number of rotatable bonds is 4. The highest BCUT2D eigenvalue weighted by Crippen LogP contribution is 2.32. The molecule has 1 aliphatic heterocycles. The maximum atomic E-state index is 12.3. The van der Waals surface area contributed by atoms with Gasteiger partial charge in [-0.1, -0.05) is 6.07 Å². The molecule has 154 valence electrons. The highest BCUT2D eigenvalue weighted by Gasteiger charge is 2.19. The fraction of sp³-hybridized carbons (Fsp3) is 0.211. The van der Waals surface area contributed by atoms with Crippen LogP contribution in [0.1, 0.15) is 17.0 Å². The second-order valence-electron chi connectivity index (χ2n) is 6.62. The van der Waals surface area contributed by atoms with Crippen LogP contribution >= 0.6 is 0 Å². The summed E-state index contributed by atoms with van der Waals surface area (Å²) < 4.78 is 11.8. The molecule has 0 fully saturated rings. The minimum atomic E-state index is -0.883. The van der Waals surface area contributed by atoms with E-state index in [1.54, 1.807) is 38.1 Å². The zero-order valence-corrected chi connectivity index (χ0v) is 16.2. The average molecular weight is 410 g/mol. The van der Waals surface area contributed by atoms with Gasteiger partial charge in [-0.2, -0.15) is 9.78 Å². The van der Waals surface area contributed by atoms with Gasteiger partial charge in [-0.15, -0.1) is 0 Å². The molecule has 3 N–H and O–H groups in total. The van der Waals surface area contributed by atoms with E-state index >= 15 is 0 Å². The number of amides is 2. The summed E-state index contributed by atoms with van der Waals surface area (Å²) in [5.74, 6) is -0.163. The largest absolute Gasteiger partial charge is 0.454 e. The minimum Gasteiger partial charge on any atom is -0.454 e. The maximum Gasteiger partial charge on any atom is 0.314 e. The number of carbonyl (C=O) groups is 2. The molecule has 2 amide bonds. The fourth-order valence-electron chi connectivity index (χ4n) is 2.90. The molecule has 0 bridgehead atoms. The first kappa shape index (κ1) is 19.2. The van der Waals surface area contributed by atoms with Gasteiger partial charge in [0.25, 0.3) is 5.56 Å². The van der Waals surface area contributed by atoms with Crippen LogP contribution in [-0.2, 0) is 16.1 Å². The van der Waals surface area contributed by atoms with Crippen LogP contribution in [0.2, 0.25) is 0 Å². The molecule has 0 radical (unpaired) electrons. The van der Waals surface area contributed by atoms with Crippen molar-refractivity contribution >= 4 is 17.6 Å². The van der Waals surface area contributed by atoms with E-state index in [-0.39, 0.29) is 30.7 Å². The zero-order valence-electron chi connectivity index (χ0n) is 16.2. The Morgan fingerprint density at radius 2 is 1.90 bits per heavy atom. The Bertz CT molecular complexity index is 1200. The van der Waals surface area contributed by atoms with Crippen LogP contribution in [0.15, 0.2) is 35.1 Å². The number of ether oxygens (including phenoxy) is 2. The van der Waals surface area contributed by atoms with Gasteiger partial charge in [0.15, 0.2) is 11.5 Å². The van der Waals surface area contributed by atoms with Gasteiger partial charge >= 0.3 is 11.8 Å². The molecule has 30 heavy (non-hydrogen) atoms. The number of aromatic amines is 1. The summed E-state index contributed by atoms with van der Waals surface area (Å²) in [6, 6.07) is 8.14.